The number of anilines is 1. The molecule has 0 aliphatic rings. The van der Waals surface area contributed by atoms with E-state index in [2.05, 4.69) is 20.6 Å². The van der Waals surface area contributed by atoms with Gasteiger partial charge in [0.25, 0.3) is 5.91 Å². The molecule has 3 heterocycles. The number of amides is 1. The molecular formula is C18H23N7O3. The summed E-state index contributed by atoms with van der Waals surface area (Å²) in [6.45, 7) is 8.18. The van der Waals surface area contributed by atoms with Gasteiger partial charge in [-0.2, -0.15) is 15.3 Å². The summed E-state index contributed by atoms with van der Waals surface area (Å²) in [6.07, 6.45) is 1.36. The van der Waals surface area contributed by atoms with E-state index in [0.717, 1.165) is 17.1 Å². The zero-order valence-electron chi connectivity index (χ0n) is 16.3. The van der Waals surface area contributed by atoms with Crippen LogP contribution in [0, 0.1) is 27.7 Å². The van der Waals surface area contributed by atoms with E-state index < -0.39 is 5.97 Å². The standard InChI is InChI=1S/C18H23N7O3/c1-11-9-12(2)24(21-11)10-25-14(4)17(13(3)22-25)20-18(28)15-5-7-19-23(15)8-6-16(26)27/h5,7,9H,6,8,10H2,1-4H3,(H,20,28)(H,26,27). The molecule has 0 saturated heterocycles. The van der Waals surface area contributed by atoms with E-state index in [1.165, 1.54) is 10.9 Å². The van der Waals surface area contributed by atoms with Gasteiger partial charge in [-0.05, 0) is 39.8 Å². The van der Waals surface area contributed by atoms with Crippen LogP contribution in [0.4, 0.5) is 5.69 Å². The van der Waals surface area contributed by atoms with Crippen molar-refractivity contribution in [1.29, 1.82) is 0 Å². The molecule has 10 nitrogen and oxygen atoms in total. The van der Waals surface area contributed by atoms with Crippen LogP contribution in [-0.2, 0) is 18.0 Å². The normalized spacial score (nSPS) is 11.0. The predicted octanol–water partition coefficient (Wildman–Crippen LogP) is 1.74. The first kappa shape index (κ1) is 19.3. The van der Waals surface area contributed by atoms with E-state index in [1.54, 1.807) is 10.7 Å². The van der Waals surface area contributed by atoms with E-state index in [1.807, 2.05) is 38.4 Å². The minimum Gasteiger partial charge on any atom is -0.481 e. The first-order valence-electron chi connectivity index (χ1n) is 8.86. The van der Waals surface area contributed by atoms with Crippen LogP contribution in [0.2, 0.25) is 0 Å². The maximum atomic E-state index is 12.7. The maximum Gasteiger partial charge on any atom is 0.305 e. The lowest BCUT2D eigenvalue weighted by Gasteiger charge is -2.09. The molecule has 1 amide bonds. The quantitative estimate of drug-likeness (QED) is 0.639. The molecule has 3 aromatic heterocycles. The van der Waals surface area contributed by atoms with Gasteiger partial charge >= 0.3 is 5.97 Å². The fraction of sp³-hybridized carbons (Fsp3) is 0.389. The number of carboxylic acids is 1. The summed E-state index contributed by atoms with van der Waals surface area (Å²) in [5.41, 5.74) is 4.36. The molecule has 0 atom stereocenters. The monoisotopic (exact) mass is 385 g/mol. The Labute approximate surface area is 161 Å². The molecule has 0 aliphatic heterocycles. The molecule has 0 unspecified atom stereocenters. The molecule has 2 N–H and O–H groups in total. The summed E-state index contributed by atoms with van der Waals surface area (Å²) in [7, 11) is 0. The second kappa shape index (κ2) is 7.67. The Kier molecular flexibility index (Phi) is 5.30. The first-order valence-corrected chi connectivity index (χ1v) is 8.86. The third-order valence-electron chi connectivity index (χ3n) is 4.48. The second-order valence-corrected chi connectivity index (χ2v) is 6.65. The van der Waals surface area contributed by atoms with Crippen molar-refractivity contribution in [2.75, 3.05) is 5.32 Å². The van der Waals surface area contributed by atoms with Crippen LogP contribution in [0.3, 0.4) is 0 Å². The smallest absolute Gasteiger partial charge is 0.305 e. The minimum atomic E-state index is -0.945. The number of carbonyl (C=O) groups excluding carboxylic acids is 1. The van der Waals surface area contributed by atoms with Gasteiger partial charge in [0.05, 0.1) is 35.7 Å². The maximum absolute atomic E-state index is 12.7. The Bertz CT molecular complexity index is 1030. The third-order valence-corrected chi connectivity index (χ3v) is 4.48. The van der Waals surface area contributed by atoms with Crippen LogP contribution < -0.4 is 5.32 Å². The van der Waals surface area contributed by atoms with Crippen molar-refractivity contribution in [2.24, 2.45) is 0 Å². The van der Waals surface area contributed by atoms with Gasteiger partial charge in [0, 0.05) is 11.9 Å². The summed E-state index contributed by atoms with van der Waals surface area (Å²) in [6, 6.07) is 3.55. The molecule has 0 spiro atoms. The highest BCUT2D eigenvalue weighted by Gasteiger charge is 2.18. The molecule has 0 aromatic carbocycles. The van der Waals surface area contributed by atoms with E-state index >= 15 is 0 Å². The highest BCUT2D eigenvalue weighted by Crippen LogP contribution is 2.21. The lowest BCUT2D eigenvalue weighted by atomic mass is 10.3. The Morgan fingerprint density at radius 2 is 1.86 bits per heavy atom. The molecule has 0 bridgehead atoms. The number of nitrogens with zero attached hydrogens (tertiary/aromatic N) is 6. The molecule has 0 radical (unpaired) electrons. The van der Waals surface area contributed by atoms with Gasteiger partial charge in [0.2, 0.25) is 0 Å². The summed E-state index contributed by atoms with van der Waals surface area (Å²) in [4.78, 5) is 23.5. The molecule has 28 heavy (non-hydrogen) atoms. The summed E-state index contributed by atoms with van der Waals surface area (Å²) in [5, 5.41) is 24.7. The number of carbonyl (C=O) groups is 2. The lowest BCUT2D eigenvalue weighted by Crippen LogP contribution is -2.20. The van der Waals surface area contributed by atoms with Crippen molar-refractivity contribution < 1.29 is 14.7 Å². The Hall–Kier alpha value is -3.43. The number of carboxylic acid groups (broad SMARTS) is 1. The molecule has 0 fully saturated rings. The topological polar surface area (TPSA) is 120 Å². The molecule has 0 aliphatic carbocycles. The van der Waals surface area contributed by atoms with Gasteiger partial charge < -0.3 is 10.4 Å². The summed E-state index contributed by atoms with van der Waals surface area (Å²) >= 11 is 0. The second-order valence-electron chi connectivity index (χ2n) is 6.65. The summed E-state index contributed by atoms with van der Waals surface area (Å²) < 4.78 is 5.02. The van der Waals surface area contributed by atoms with Crippen molar-refractivity contribution in [2.45, 2.75) is 47.3 Å². The van der Waals surface area contributed by atoms with Gasteiger partial charge in [-0.25, -0.2) is 9.36 Å². The van der Waals surface area contributed by atoms with Crippen molar-refractivity contribution >= 4 is 17.6 Å². The van der Waals surface area contributed by atoms with E-state index in [-0.39, 0.29) is 18.9 Å². The molecule has 148 valence electrons. The number of rotatable bonds is 7. The van der Waals surface area contributed by atoms with Gasteiger partial charge in [-0.3, -0.25) is 14.3 Å². The number of hydrogen-bond donors (Lipinski definition) is 2. The molecule has 3 aromatic rings. The zero-order chi connectivity index (χ0) is 20.4. The number of nitrogens with one attached hydrogen (secondary N) is 1. The van der Waals surface area contributed by atoms with Gasteiger partial charge in [-0.1, -0.05) is 0 Å². The van der Waals surface area contributed by atoms with Crippen LogP contribution >= 0.6 is 0 Å². The Balaban J connectivity index is 1.79. The Morgan fingerprint density at radius 3 is 2.50 bits per heavy atom. The van der Waals surface area contributed by atoms with Crippen molar-refractivity contribution in [3.63, 3.8) is 0 Å². The van der Waals surface area contributed by atoms with Crippen LogP contribution in [-0.4, -0.2) is 46.3 Å². The summed E-state index contributed by atoms with van der Waals surface area (Å²) in [5.74, 6) is -1.31. The van der Waals surface area contributed by atoms with E-state index in [0.29, 0.717) is 23.7 Å². The fourth-order valence-electron chi connectivity index (χ4n) is 3.04. The van der Waals surface area contributed by atoms with Crippen LogP contribution in [0.1, 0.15) is 39.7 Å². The largest absolute Gasteiger partial charge is 0.481 e. The minimum absolute atomic E-state index is 0.111. The van der Waals surface area contributed by atoms with Gasteiger partial charge in [0.15, 0.2) is 0 Å². The SMILES string of the molecule is Cc1cc(C)n(Cn2nc(C)c(NC(=O)c3ccnn3CCC(=O)O)c2C)n1. The average molecular weight is 385 g/mol. The number of hydrogen-bond acceptors (Lipinski definition) is 5. The molecule has 10 heteroatoms. The highest BCUT2D eigenvalue weighted by molar-refractivity contribution is 6.03. The van der Waals surface area contributed by atoms with Crippen molar-refractivity contribution in [1.82, 2.24) is 29.3 Å². The van der Waals surface area contributed by atoms with Gasteiger partial charge in [0.1, 0.15) is 12.4 Å². The molecular weight excluding hydrogens is 362 g/mol. The number of aryl methyl sites for hydroxylation is 4. The average Bonchev–Trinajstić information content (AvgIpc) is 3.28. The van der Waals surface area contributed by atoms with E-state index in [9.17, 15) is 9.59 Å². The van der Waals surface area contributed by atoms with Crippen LogP contribution in [0.5, 0.6) is 0 Å². The first-order chi connectivity index (χ1) is 13.3. The molecule has 0 saturated carbocycles. The lowest BCUT2D eigenvalue weighted by molar-refractivity contribution is -0.137. The molecule has 3 rings (SSSR count). The Morgan fingerprint density at radius 1 is 1.11 bits per heavy atom. The van der Waals surface area contributed by atoms with Crippen LogP contribution in [0.15, 0.2) is 18.3 Å². The predicted molar refractivity (Wildman–Crippen MR) is 101 cm³/mol. The number of aliphatic carboxylic acids is 1. The number of aromatic nitrogens is 6. The van der Waals surface area contributed by atoms with Crippen LogP contribution in [0.25, 0.3) is 0 Å². The fourth-order valence-corrected chi connectivity index (χ4v) is 3.04. The third kappa shape index (κ3) is 3.95. The van der Waals surface area contributed by atoms with Gasteiger partial charge in [-0.15, -0.1) is 0 Å². The highest BCUT2D eigenvalue weighted by atomic mass is 16.4. The van der Waals surface area contributed by atoms with Crippen molar-refractivity contribution in [3.8, 4) is 0 Å². The zero-order valence-corrected chi connectivity index (χ0v) is 16.3. The van der Waals surface area contributed by atoms with E-state index in [4.69, 9.17) is 5.11 Å². The van der Waals surface area contributed by atoms with Crippen molar-refractivity contribution in [3.05, 3.63) is 46.8 Å².